The van der Waals surface area contributed by atoms with Crippen molar-refractivity contribution in [3.63, 3.8) is 0 Å². The van der Waals surface area contributed by atoms with Crippen LogP contribution in [-0.2, 0) is 4.79 Å². The Hall–Kier alpha value is -0.640. The van der Waals surface area contributed by atoms with Gasteiger partial charge in [0.1, 0.15) is 0 Å². The van der Waals surface area contributed by atoms with E-state index in [2.05, 4.69) is 19.2 Å². The molecule has 0 bridgehead atoms. The molecular formula is C14H24N2OS. The Morgan fingerprint density at radius 3 is 2.33 bits per heavy atom. The summed E-state index contributed by atoms with van der Waals surface area (Å²) >= 11 is 5.16. The summed E-state index contributed by atoms with van der Waals surface area (Å²) in [5.41, 5.74) is 5.69. The number of amides is 1. The van der Waals surface area contributed by atoms with E-state index in [1.165, 1.54) is 12.8 Å². The zero-order chi connectivity index (χ0) is 13.4. The minimum Gasteiger partial charge on any atom is -0.392 e. The van der Waals surface area contributed by atoms with E-state index in [1.54, 1.807) is 0 Å². The molecule has 2 saturated carbocycles. The van der Waals surface area contributed by atoms with Crippen molar-refractivity contribution in [2.75, 3.05) is 6.54 Å². The van der Waals surface area contributed by atoms with Crippen LogP contribution < -0.4 is 11.1 Å². The zero-order valence-electron chi connectivity index (χ0n) is 11.4. The first-order valence-electron chi connectivity index (χ1n) is 6.97. The first-order valence-corrected chi connectivity index (χ1v) is 7.37. The maximum Gasteiger partial charge on any atom is 0.233 e. The summed E-state index contributed by atoms with van der Waals surface area (Å²) < 4.78 is 0. The highest BCUT2D eigenvalue weighted by Crippen LogP contribution is 2.51. The SMILES string of the molecule is CC1(C)CC1CNC(=O)C1(C(N)=S)CCCCC1. The molecule has 102 valence electrons. The highest BCUT2D eigenvalue weighted by atomic mass is 32.1. The monoisotopic (exact) mass is 268 g/mol. The average molecular weight is 268 g/mol. The smallest absolute Gasteiger partial charge is 0.233 e. The summed E-state index contributed by atoms with van der Waals surface area (Å²) in [6.45, 7) is 5.26. The van der Waals surface area contributed by atoms with Gasteiger partial charge in [-0.1, -0.05) is 45.3 Å². The highest BCUT2D eigenvalue weighted by Gasteiger charge is 2.47. The van der Waals surface area contributed by atoms with Crippen molar-refractivity contribution in [2.45, 2.75) is 52.4 Å². The molecule has 0 aromatic heterocycles. The van der Waals surface area contributed by atoms with Gasteiger partial charge in [0.25, 0.3) is 0 Å². The number of thiocarbonyl (C=S) groups is 1. The second kappa shape index (κ2) is 4.80. The summed E-state index contributed by atoms with van der Waals surface area (Å²) in [7, 11) is 0. The second-order valence-corrected chi connectivity index (χ2v) is 7.05. The van der Waals surface area contributed by atoms with Gasteiger partial charge in [-0.05, 0) is 30.6 Å². The molecule has 3 nitrogen and oxygen atoms in total. The van der Waals surface area contributed by atoms with Crippen LogP contribution >= 0.6 is 12.2 Å². The number of hydrogen-bond acceptors (Lipinski definition) is 2. The van der Waals surface area contributed by atoms with Crippen molar-refractivity contribution in [2.24, 2.45) is 22.5 Å². The molecule has 2 rings (SSSR count). The molecule has 4 heteroatoms. The number of hydrogen-bond donors (Lipinski definition) is 2. The molecule has 1 atom stereocenters. The Labute approximate surface area is 115 Å². The van der Waals surface area contributed by atoms with Gasteiger partial charge in [-0.15, -0.1) is 0 Å². The molecule has 0 saturated heterocycles. The summed E-state index contributed by atoms with van der Waals surface area (Å²) in [4.78, 5) is 12.8. The highest BCUT2D eigenvalue weighted by molar-refractivity contribution is 7.80. The summed E-state index contributed by atoms with van der Waals surface area (Å²) in [6.07, 6.45) is 6.14. The molecule has 0 spiro atoms. The van der Waals surface area contributed by atoms with E-state index in [1.807, 2.05) is 0 Å². The first-order chi connectivity index (χ1) is 8.38. The quantitative estimate of drug-likeness (QED) is 0.770. The standard InChI is InChI=1S/C14H24N2OS/c1-13(2)8-10(13)9-16-12(17)14(11(15)18)6-4-3-5-7-14/h10H,3-9H2,1-2H3,(H2,15,18)(H,16,17). The molecule has 0 heterocycles. The molecule has 0 radical (unpaired) electrons. The Morgan fingerprint density at radius 2 is 1.89 bits per heavy atom. The van der Waals surface area contributed by atoms with Crippen LogP contribution in [-0.4, -0.2) is 17.4 Å². The summed E-state index contributed by atoms with van der Waals surface area (Å²) in [5, 5.41) is 3.09. The van der Waals surface area contributed by atoms with Crippen molar-refractivity contribution in [3.8, 4) is 0 Å². The largest absolute Gasteiger partial charge is 0.392 e. The lowest BCUT2D eigenvalue weighted by Gasteiger charge is -2.34. The van der Waals surface area contributed by atoms with Gasteiger partial charge in [-0.2, -0.15) is 0 Å². The predicted octanol–water partition coefficient (Wildman–Crippen LogP) is 2.39. The lowest BCUT2D eigenvalue weighted by atomic mass is 9.73. The number of carbonyl (C=O) groups excluding carboxylic acids is 1. The molecule has 0 aliphatic heterocycles. The van der Waals surface area contributed by atoms with E-state index in [9.17, 15) is 4.79 Å². The third-order valence-electron chi connectivity index (χ3n) is 4.84. The minimum atomic E-state index is -0.563. The van der Waals surface area contributed by atoms with Gasteiger partial charge in [0.15, 0.2) is 0 Å². The van der Waals surface area contributed by atoms with Crippen LogP contribution in [0, 0.1) is 16.7 Å². The van der Waals surface area contributed by atoms with E-state index in [0.717, 1.165) is 32.2 Å². The molecule has 2 aliphatic rings. The molecule has 3 N–H and O–H groups in total. The van der Waals surface area contributed by atoms with E-state index in [4.69, 9.17) is 18.0 Å². The van der Waals surface area contributed by atoms with Crippen molar-refractivity contribution >= 4 is 23.1 Å². The van der Waals surface area contributed by atoms with E-state index in [-0.39, 0.29) is 5.91 Å². The van der Waals surface area contributed by atoms with Crippen LogP contribution in [0.4, 0.5) is 0 Å². The third-order valence-corrected chi connectivity index (χ3v) is 5.23. The minimum absolute atomic E-state index is 0.0670. The van der Waals surface area contributed by atoms with E-state index >= 15 is 0 Å². The van der Waals surface area contributed by atoms with Crippen LogP contribution in [0.1, 0.15) is 52.4 Å². The van der Waals surface area contributed by atoms with Gasteiger partial charge in [-0.3, -0.25) is 4.79 Å². The number of nitrogens with one attached hydrogen (secondary N) is 1. The predicted molar refractivity (Wildman–Crippen MR) is 77.2 cm³/mol. The lowest BCUT2D eigenvalue weighted by Crippen LogP contribution is -2.50. The molecule has 2 fully saturated rings. The first kappa shape index (κ1) is 13.8. The lowest BCUT2D eigenvalue weighted by molar-refractivity contribution is -0.128. The van der Waals surface area contributed by atoms with E-state index in [0.29, 0.717) is 16.3 Å². The number of nitrogens with two attached hydrogens (primary N) is 1. The second-order valence-electron chi connectivity index (χ2n) is 6.61. The van der Waals surface area contributed by atoms with Crippen LogP contribution in [0.3, 0.4) is 0 Å². The third kappa shape index (κ3) is 2.53. The van der Waals surface area contributed by atoms with Gasteiger partial charge in [0, 0.05) is 6.54 Å². The van der Waals surface area contributed by atoms with Crippen molar-refractivity contribution < 1.29 is 4.79 Å². The van der Waals surface area contributed by atoms with Gasteiger partial charge in [0.05, 0.1) is 10.4 Å². The van der Waals surface area contributed by atoms with Crippen LogP contribution in [0.25, 0.3) is 0 Å². The van der Waals surface area contributed by atoms with Crippen LogP contribution in [0.15, 0.2) is 0 Å². The summed E-state index contributed by atoms with van der Waals surface area (Å²) in [5.74, 6) is 0.686. The topological polar surface area (TPSA) is 55.1 Å². The van der Waals surface area contributed by atoms with Crippen LogP contribution in [0.5, 0.6) is 0 Å². The van der Waals surface area contributed by atoms with Gasteiger partial charge in [0.2, 0.25) is 5.91 Å². The fourth-order valence-corrected chi connectivity index (χ4v) is 3.35. The Bertz CT molecular complexity index is 359. The van der Waals surface area contributed by atoms with Crippen molar-refractivity contribution in [1.29, 1.82) is 0 Å². The molecule has 2 aliphatic carbocycles. The fraction of sp³-hybridized carbons (Fsp3) is 0.857. The van der Waals surface area contributed by atoms with Crippen molar-refractivity contribution in [3.05, 3.63) is 0 Å². The van der Waals surface area contributed by atoms with E-state index < -0.39 is 5.41 Å². The maximum atomic E-state index is 12.4. The number of carbonyl (C=O) groups is 1. The molecular weight excluding hydrogens is 244 g/mol. The maximum absolute atomic E-state index is 12.4. The Kier molecular flexibility index (Phi) is 3.67. The average Bonchev–Trinajstić information content (AvgIpc) is 2.94. The molecule has 1 amide bonds. The van der Waals surface area contributed by atoms with Crippen LogP contribution in [0.2, 0.25) is 0 Å². The number of rotatable bonds is 4. The molecule has 0 aromatic carbocycles. The van der Waals surface area contributed by atoms with Gasteiger partial charge < -0.3 is 11.1 Å². The van der Waals surface area contributed by atoms with Gasteiger partial charge in [-0.25, -0.2) is 0 Å². The summed E-state index contributed by atoms with van der Waals surface area (Å²) in [6, 6.07) is 0. The molecule has 0 aromatic rings. The van der Waals surface area contributed by atoms with Gasteiger partial charge >= 0.3 is 0 Å². The molecule has 1 unspecified atom stereocenters. The normalized spacial score (nSPS) is 28.4. The molecule has 18 heavy (non-hydrogen) atoms. The van der Waals surface area contributed by atoms with Crippen molar-refractivity contribution in [1.82, 2.24) is 5.32 Å². The zero-order valence-corrected chi connectivity index (χ0v) is 12.2. The fourth-order valence-electron chi connectivity index (χ4n) is 3.05. The Balaban J connectivity index is 1.94. The Morgan fingerprint density at radius 1 is 1.33 bits per heavy atom.